The molecule has 0 saturated carbocycles. The third kappa shape index (κ3) is 13.9. The van der Waals surface area contributed by atoms with Crippen LogP contribution in [-0.2, 0) is 29.2 Å². The fourth-order valence-electron chi connectivity index (χ4n) is 5.25. The minimum atomic E-state index is -9.00. The van der Waals surface area contributed by atoms with E-state index in [1.54, 1.807) is 5.48 Å². The number of aliphatic hydroxyl groups excluding tert-OH is 1. The van der Waals surface area contributed by atoms with Gasteiger partial charge in [0.15, 0.2) is 0 Å². The second-order valence-corrected chi connectivity index (χ2v) is 15.3. The van der Waals surface area contributed by atoms with E-state index in [-0.39, 0.29) is 92.3 Å². The number of nitrogens with one attached hydrogen (secondary N) is 1. The molecule has 1 aliphatic rings. The number of aliphatic carboxylic acids is 3. The molecule has 1 heterocycles. The molecule has 16 nitrogen and oxygen atoms in total. The van der Waals surface area contributed by atoms with Crippen LogP contribution in [0, 0.1) is 39.9 Å². The summed E-state index contributed by atoms with van der Waals surface area (Å²) in [5.41, 5.74) is 1.72. The first-order valence-electron chi connectivity index (χ1n) is 17.1. The SMILES string of the molecule is CCN(CONCC(O)CN1CCN(CC(=O)O)CCN(CC(=O)O)CCN(CC(=O)O)CC1)S(=O)(=O)C(F)(F)C(F)(F)C(F)(F)C(F)(F)C(F)(F)C(F)(F)C(F)(F)C(F)(F)F.[Gd]. The van der Waals surface area contributed by atoms with Crippen molar-refractivity contribution in [1.29, 1.82) is 0 Å². The van der Waals surface area contributed by atoms with Crippen LogP contribution in [0.1, 0.15) is 6.92 Å². The maximum absolute atomic E-state index is 14.7. The van der Waals surface area contributed by atoms with Crippen LogP contribution < -0.4 is 5.48 Å². The second-order valence-electron chi connectivity index (χ2n) is 13.3. The molecule has 63 heavy (non-hydrogen) atoms. The van der Waals surface area contributed by atoms with Gasteiger partial charge < -0.3 is 20.4 Å². The summed E-state index contributed by atoms with van der Waals surface area (Å²) in [5.74, 6) is -56.4. The third-order valence-corrected chi connectivity index (χ3v) is 10.8. The predicted octanol–water partition coefficient (Wildman–Crippen LogP) is 1.92. The number of halogens is 17. The van der Waals surface area contributed by atoms with Crippen molar-refractivity contribution in [1.82, 2.24) is 29.4 Å². The normalized spacial score (nSPS) is 18.3. The summed E-state index contributed by atoms with van der Waals surface area (Å²) in [6.07, 6.45) is -9.65. The molecule has 0 bridgehead atoms. The van der Waals surface area contributed by atoms with Gasteiger partial charge in [0.25, 0.3) is 10.0 Å². The van der Waals surface area contributed by atoms with Crippen molar-refractivity contribution in [3.8, 4) is 0 Å². The Balaban J connectivity index is 0.0000384. The molecule has 0 spiro atoms. The Bertz CT molecular complexity index is 1610. The number of hydroxylamine groups is 1. The number of carbonyl (C=O) groups is 3. The first kappa shape index (κ1) is 61.2. The van der Waals surface area contributed by atoms with Crippen LogP contribution in [0.4, 0.5) is 74.6 Å². The first-order valence-corrected chi connectivity index (χ1v) is 18.5. The van der Waals surface area contributed by atoms with Crippen LogP contribution in [0.5, 0.6) is 0 Å². The first-order chi connectivity index (χ1) is 27.8. The number of rotatable bonds is 22. The van der Waals surface area contributed by atoms with E-state index in [9.17, 15) is 118 Å². The van der Waals surface area contributed by atoms with Crippen LogP contribution >= 0.6 is 0 Å². The van der Waals surface area contributed by atoms with E-state index in [0.29, 0.717) is 6.92 Å². The van der Waals surface area contributed by atoms with Crippen LogP contribution in [0.15, 0.2) is 0 Å². The van der Waals surface area contributed by atoms with Crippen molar-refractivity contribution >= 4 is 27.9 Å². The second kappa shape index (κ2) is 22.8. The zero-order valence-corrected chi connectivity index (χ0v) is 34.9. The van der Waals surface area contributed by atoms with Gasteiger partial charge in [-0.05, 0) is 0 Å². The number of alkyl halides is 17. The van der Waals surface area contributed by atoms with Gasteiger partial charge in [-0.25, -0.2) is 8.42 Å². The van der Waals surface area contributed by atoms with E-state index in [0.717, 1.165) is 0 Å². The molecule has 5 N–H and O–H groups in total. The quantitative estimate of drug-likeness (QED) is 0.0455. The smallest absolute Gasteiger partial charge is 0.460 e. The van der Waals surface area contributed by atoms with Crippen molar-refractivity contribution in [3.63, 3.8) is 0 Å². The summed E-state index contributed by atoms with van der Waals surface area (Å²) >= 11 is 0. The molecular formula is C28H39F17GdN6O10S. The van der Waals surface area contributed by atoms with E-state index in [2.05, 4.69) is 4.84 Å². The van der Waals surface area contributed by atoms with Crippen LogP contribution in [0.25, 0.3) is 0 Å². The zero-order valence-electron chi connectivity index (χ0n) is 31.8. The Morgan fingerprint density at radius 2 is 0.889 bits per heavy atom. The Kier molecular flexibility index (Phi) is 22.1. The van der Waals surface area contributed by atoms with Crippen molar-refractivity contribution in [2.24, 2.45) is 0 Å². The number of carboxylic acids is 3. The van der Waals surface area contributed by atoms with Crippen LogP contribution in [0.3, 0.4) is 0 Å². The largest absolute Gasteiger partial charge is 0.480 e. The minimum Gasteiger partial charge on any atom is -0.480 e. The topological polar surface area (TPSA) is 204 Å². The maximum Gasteiger partial charge on any atom is 0.460 e. The number of carboxylic acid groups (broad SMARTS) is 3. The van der Waals surface area contributed by atoms with Gasteiger partial charge in [-0.15, -0.1) is 0 Å². The molecule has 1 rings (SSSR count). The van der Waals surface area contributed by atoms with Crippen LogP contribution in [0.2, 0.25) is 0 Å². The van der Waals surface area contributed by atoms with E-state index in [1.807, 2.05) is 0 Å². The molecule has 1 fully saturated rings. The summed E-state index contributed by atoms with van der Waals surface area (Å²) in [5, 5.41) is 30.6. The van der Waals surface area contributed by atoms with Crippen molar-refractivity contribution in [2.45, 2.75) is 60.0 Å². The van der Waals surface area contributed by atoms with Gasteiger partial charge in [0, 0.05) is 112 Å². The fourth-order valence-corrected chi connectivity index (χ4v) is 6.56. The van der Waals surface area contributed by atoms with Crippen molar-refractivity contribution < 1.29 is 163 Å². The number of β-amino-alcohol motifs (C(OH)–C–C–N with tert-alkyl or cyclic N) is 1. The van der Waals surface area contributed by atoms with E-state index in [4.69, 9.17) is 0 Å². The maximum atomic E-state index is 14.7. The Labute approximate surface area is 376 Å². The molecule has 0 amide bonds. The molecule has 35 heteroatoms. The molecule has 0 radical (unpaired) electrons. The number of aliphatic hydroxyl groups is 1. The Morgan fingerprint density at radius 3 is 1.19 bits per heavy atom. The molecule has 0 aliphatic carbocycles. The molecule has 0 aromatic carbocycles. The molecule has 1 atom stereocenters. The minimum absolute atomic E-state index is 0. The summed E-state index contributed by atoms with van der Waals surface area (Å²) < 4.78 is 256. The molecule has 374 valence electrons. The fraction of sp³-hybridized carbons (Fsp3) is 0.893. The van der Waals surface area contributed by atoms with Crippen molar-refractivity contribution in [3.05, 3.63) is 0 Å². The summed E-state index contributed by atoms with van der Waals surface area (Å²) in [6, 6.07) is 0. The monoisotopic (exact) mass is 1130 g/mol. The molecule has 1 aliphatic heterocycles. The Hall–Kier alpha value is -1.83. The summed E-state index contributed by atoms with van der Waals surface area (Å²) in [6.45, 7) is -6.42. The number of hydrogen-bond acceptors (Lipinski definition) is 12. The van der Waals surface area contributed by atoms with Gasteiger partial charge in [-0.3, -0.25) is 38.8 Å². The standard InChI is InChI=1S/C28H39F17N6O10S.Gd/c1-2-51(62(59,60)28(44,45)26(39,40)24(35,36)22(31,32)21(29,30)23(33,34)25(37,38)27(41,42)43)16-61-46-11-17(52)12-47-3-5-48(13-18(53)54)7-9-50(15-20(57)58)10-8-49(6-4-47)14-19(55)56;/h17,46,52H,2-16H2,1H3,(H,53,54)(H,55,56)(H,57,58);. The molecule has 1 unspecified atom stereocenters. The van der Waals surface area contributed by atoms with Gasteiger partial charge >= 0.3 is 64.9 Å². The van der Waals surface area contributed by atoms with E-state index in [1.165, 1.54) is 19.6 Å². The summed E-state index contributed by atoms with van der Waals surface area (Å²) in [7, 11) is -7.65. The number of hydrogen-bond donors (Lipinski definition) is 5. The molecular weight excluding hydrogens is 1090 g/mol. The van der Waals surface area contributed by atoms with Crippen molar-refractivity contribution in [2.75, 3.05) is 98.4 Å². The van der Waals surface area contributed by atoms with Gasteiger partial charge in [0.2, 0.25) is 0 Å². The molecule has 0 aromatic heterocycles. The average Bonchev–Trinajstić information content (AvgIpc) is 3.10. The average molecular weight is 1130 g/mol. The van der Waals surface area contributed by atoms with Crippen LogP contribution in [-0.4, -0.2) is 222 Å². The number of sulfonamides is 1. The van der Waals surface area contributed by atoms with E-state index >= 15 is 0 Å². The van der Waals surface area contributed by atoms with Gasteiger partial charge in [-0.1, -0.05) is 6.92 Å². The molecule has 1 saturated heterocycles. The van der Waals surface area contributed by atoms with E-state index < -0.39 is 131 Å². The Morgan fingerprint density at radius 1 is 0.587 bits per heavy atom. The molecule has 0 aromatic rings. The predicted molar refractivity (Wildman–Crippen MR) is 171 cm³/mol. The van der Waals surface area contributed by atoms with Gasteiger partial charge in [0.1, 0.15) is 6.73 Å². The number of nitrogens with zero attached hydrogens (tertiary/aromatic N) is 5. The van der Waals surface area contributed by atoms with Gasteiger partial charge in [-0.2, -0.15) is 84.4 Å². The zero-order chi connectivity index (χ0) is 48.7. The van der Waals surface area contributed by atoms with Gasteiger partial charge in [0.05, 0.1) is 25.7 Å². The third-order valence-electron chi connectivity index (χ3n) is 8.81. The summed E-state index contributed by atoms with van der Waals surface area (Å²) in [4.78, 5) is 44.2.